The molecule has 11 amide bonds. The number of hydrogen-bond donors (Lipinski definition) is 5. The smallest absolute Gasteiger partial charge is 0.246 e. The van der Waals surface area contributed by atoms with E-state index in [1.54, 1.807) is 60.6 Å². The van der Waals surface area contributed by atoms with Crippen LogP contribution in [0.15, 0.2) is 12.2 Å². The van der Waals surface area contributed by atoms with E-state index in [9.17, 15) is 32.7 Å². The van der Waals surface area contributed by atoms with Crippen LogP contribution in [0.2, 0.25) is 0 Å². The molecule has 5 N–H and O–H groups in total. The predicted molar refractivity (Wildman–Crippen MR) is 373 cm³/mol. The fourth-order valence-corrected chi connectivity index (χ4v) is 14.1. The number of ether oxygens (including phenoxy) is 1. The second-order valence-electron chi connectivity index (χ2n) is 29.3. The summed E-state index contributed by atoms with van der Waals surface area (Å²) < 4.78 is 31.8. The molecule has 0 unspecified atom stereocenters. The topological polar surface area (TPSA) is 325 Å². The second-order valence-corrected chi connectivity index (χ2v) is 31.5. The molecule has 0 radical (unpaired) electrons. The van der Waals surface area contributed by atoms with Gasteiger partial charge in [-0.05, 0) is 114 Å². The van der Waals surface area contributed by atoms with Crippen LogP contribution in [0, 0.1) is 41.4 Å². The maximum absolute atomic E-state index is 15.5. The highest BCUT2D eigenvalue weighted by atomic mass is 32.2. The highest BCUT2D eigenvalue weighted by Gasteiger charge is 2.47. The fourth-order valence-electron chi connectivity index (χ4n) is 12.9. The zero-order valence-corrected chi connectivity index (χ0v) is 63.8. The van der Waals surface area contributed by atoms with Crippen molar-refractivity contribution in [2.75, 3.05) is 94.2 Å². The average molecular weight is 1390 g/mol. The van der Waals surface area contributed by atoms with Crippen molar-refractivity contribution >= 4 is 74.8 Å². The van der Waals surface area contributed by atoms with E-state index in [-0.39, 0.29) is 56.3 Å². The first-order chi connectivity index (χ1) is 44.9. The number of aliphatic hydroxyl groups excluding tert-OH is 1. The lowest BCUT2D eigenvalue weighted by molar-refractivity contribution is -0.157. The molecule has 97 heavy (non-hydrogen) atoms. The summed E-state index contributed by atoms with van der Waals surface area (Å²) in [7, 11) is 5.86. The predicted octanol–water partition coefficient (Wildman–Crippen LogP) is 2.38. The highest BCUT2D eigenvalue weighted by molar-refractivity contribution is 7.90. The van der Waals surface area contributed by atoms with Crippen LogP contribution in [0.1, 0.15) is 156 Å². The lowest BCUT2D eigenvalue weighted by atomic mass is 9.91. The molecule has 2 rings (SSSR count). The van der Waals surface area contributed by atoms with E-state index in [0.717, 1.165) is 16.1 Å². The number of carbonyl (C=O) groups is 11. The molecule has 2 heterocycles. The summed E-state index contributed by atoms with van der Waals surface area (Å²) in [6, 6.07) is -14.9. The van der Waals surface area contributed by atoms with E-state index in [0.29, 0.717) is 39.3 Å². The van der Waals surface area contributed by atoms with Crippen LogP contribution in [0.3, 0.4) is 0 Å². The first-order valence-corrected chi connectivity index (χ1v) is 36.8. The molecule has 0 aromatic rings. The molecule has 28 heteroatoms. The molecule has 0 aromatic heterocycles. The maximum atomic E-state index is 15.5. The van der Waals surface area contributed by atoms with Gasteiger partial charge in [-0.2, -0.15) is 0 Å². The molecule has 556 valence electrons. The third kappa shape index (κ3) is 24.8. The molecule has 0 spiro atoms. The number of morpholine rings is 1. The van der Waals surface area contributed by atoms with E-state index in [4.69, 9.17) is 4.74 Å². The van der Waals surface area contributed by atoms with Crippen molar-refractivity contribution < 1.29 is 71.0 Å². The summed E-state index contributed by atoms with van der Waals surface area (Å²) in [6.45, 7) is 29.9. The van der Waals surface area contributed by atoms with Gasteiger partial charge in [0.15, 0.2) is 0 Å². The number of rotatable bonds is 20. The number of hydrogen-bond acceptors (Lipinski definition) is 16. The molecule has 2 saturated heterocycles. The normalized spacial score (nSPS) is 27.4. The third-order valence-corrected chi connectivity index (χ3v) is 19.9. The van der Waals surface area contributed by atoms with Gasteiger partial charge in [-0.15, -0.1) is 0 Å². The van der Waals surface area contributed by atoms with Gasteiger partial charge in [0.25, 0.3) is 0 Å². The van der Waals surface area contributed by atoms with Crippen molar-refractivity contribution in [3.8, 4) is 0 Å². The van der Waals surface area contributed by atoms with Crippen LogP contribution in [-0.4, -0.2) is 284 Å². The average Bonchev–Trinajstić information content (AvgIpc) is 0.808. The summed E-state index contributed by atoms with van der Waals surface area (Å²) in [5, 5.41) is 23.3. The van der Waals surface area contributed by atoms with Crippen molar-refractivity contribution in [2.45, 2.75) is 228 Å². The Hall–Kier alpha value is -6.26. The Bertz CT molecular complexity index is 2810. The van der Waals surface area contributed by atoms with E-state index in [1.807, 2.05) is 41.5 Å². The van der Waals surface area contributed by atoms with Gasteiger partial charge in [0, 0.05) is 68.7 Å². The van der Waals surface area contributed by atoms with Crippen molar-refractivity contribution in [1.29, 1.82) is 0 Å². The summed E-state index contributed by atoms with van der Waals surface area (Å²) >= 11 is 0. The van der Waals surface area contributed by atoms with Crippen LogP contribution in [0.4, 0.5) is 0 Å². The van der Waals surface area contributed by atoms with E-state index in [2.05, 4.69) is 26.2 Å². The Morgan fingerprint density at radius 2 is 0.959 bits per heavy atom. The zero-order chi connectivity index (χ0) is 74.6. The Morgan fingerprint density at radius 1 is 0.515 bits per heavy atom. The Morgan fingerprint density at radius 3 is 1.44 bits per heavy atom. The van der Waals surface area contributed by atoms with Crippen LogP contribution < -0.4 is 21.3 Å². The van der Waals surface area contributed by atoms with Gasteiger partial charge >= 0.3 is 0 Å². The van der Waals surface area contributed by atoms with Crippen molar-refractivity contribution in [2.24, 2.45) is 41.4 Å². The van der Waals surface area contributed by atoms with E-state index < -0.39 is 177 Å². The van der Waals surface area contributed by atoms with Gasteiger partial charge in [0.2, 0.25) is 65.0 Å². The van der Waals surface area contributed by atoms with Crippen LogP contribution >= 0.6 is 0 Å². The number of carbonyl (C=O) groups excluding carboxylic acids is 11. The van der Waals surface area contributed by atoms with Gasteiger partial charge in [-0.1, -0.05) is 102 Å². The second kappa shape index (κ2) is 39.5. The summed E-state index contributed by atoms with van der Waals surface area (Å²) in [4.78, 5) is 175. The number of nitrogens with one attached hydrogen (secondary N) is 4. The third-order valence-electron chi connectivity index (χ3n) is 18.8. The minimum absolute atomic E-state index is 0.0119. The molecular weight excluding hydrogens is 1270 g/mol. The minimum Gasteiger partial charge on any atom is -0.390 e. The molecule has 14 atom stereocenters. The molecule has 0 saturated carbocycles. The van der Waals surface area contributed by atoms with Crippen LogP contribution in [0.25, 0.3) is 0 Å². The number of aliphatic hydroxyl groups is 1. The fraction of sp³-hybridized carbons (Fsp3) is 0.812. The highest BCUT2D eigenvalue weighted by Crippen LogP contribution is 2.27. The SMILES string of the molecule is C/C=C/C[C@@H](C)[C@@H](O)[C@H]1C(=O)N[C@@H](CC)C(=O)N(C)[C@H](CCCN2CCOCC2)C(=O)N(C)[C@@H]([C@H](C)CS(C)(=O)=O)C(=O)N[C@@H](C(C)C)C(=O)N(C)[C@@H](CC(C)C)C(=O)N[C@@H](C)C(=O)N[C@H](C)C(=O)N(C)[C@@H](CC(C)C)C(=O)N(C)[C@@H](CC(C)C)C(=O)N(C)[C@@H](C(C)C)C(=O)N1C. The van der Waals surface area contributed by atoms with Crippen molar-refractivity contribution in [3.63, 3.8) is 0 Å². The summed E-state index contributed by atoms with van der Waals surface area (Å²) in [6.07, 6.45) is 3.86. The number of sulfone groups is 1. The lowest BCUT2D eigenvalue weighted by Gasteiger charge is -2.41. The number of nitrogens with zero attached hydrogens (tertiary/aromatic N) is 8. The maximum Gasteiger partial charge on any atom is 0.246 e. The van der Waals surface area contributed by atoms with Crippen molar-refractivity contribution in [1.82, 2.24) is 60.5 Å². The standard InChI is InChI=1S/C69H124N12O15S/c1-25-27-29-45(13)58(82)57-62(86)72-49(26-2)64(88)74(17)50(30-28-31-81-32-34-96-35-33-81)65(89)79(22)56(46(14)39-97(24,94)95)61(85)73-54(43(9)10)68(92)75(18)51(36-40(3)4)60(84)70-47(15)59(83)71-48(16)63(87)76(19)52(37-41(5)6)66(90)77(20)53(38-42(7)8)67(91)78(21)55(44(11)12)69(93)80(57)23/h25,27,40-58,82H,26,28-39H2,1-24H3,(H,70,84)(H,71,83)(H,72,86)(H,73,85)/b27-25+/t45-,46-,47+,48-,49+,50-,51+,52+,53+,54+,55+,56+,57+,58-/m1/s1. The Kier molecular flexibility index (Phi) is 35.4. The molecule has 0 aromatic carbocycles. The molecule has 2 fully saturated rings. The summed E-state index contributed by atoms with van der Waals surface area (Å²) in [5.74, 6) is -12.6. The van der Waals surface area contributed by atoms with Gasteiger partial charge in [-0.25, -0.2) is 8.42 Å². The van der Waals surface area contributed by atoms with Gasteiger partial charge < -0.3 is 65.4 Å². The number of likely N-dealkylation sites (N-methyl/N-ethyl adjacent to an activating group) is 7. The molecule has 2 aliphatic heterocycles. The van der Waals surface area contributed by atoms with Crippen molar-refractivity contribution in [3.05, 3.63) is 12.2 Å². The summed E-state index contributed by atoms with van der Waals surface area (Å²) in [5.41, 5.74) is 0. The first-order valence-electron chi connectivity index (χ1n) is 34.8. The van der Waals surface area contributed by atoms with Crippen LogP contribution in [0.5, 0.6) is 0 Å². The molecule has 0 aliphatic carbocycles. The molecule has 27 nitrogen and oxygen atoms in total. The van der Waals surface area contributed by atoms with E-state index in [1.165, 1.54) is 94.6 Å². The quantitative estimate of drug-likeness (QED) is 0.109. The zero-order valence-electron chi connectivity index (χ0n) is 63.0. The lowest BCUT2D eigenvalue weighted by Crippen LogP contribution is -2.64. The van der Waals surface area contributed by atoms with Gasteiger partial charge in [-0.3, -0.25) is 57.6 Å². The molecule has 2 aliphatic rings. The molecule has 0 bridgehead atoms. The van der Waals surface area contributed by atoms with E-state index >= 15 is 33.6 Å². The van der Waals surface area contributed by atoms with Crippen LogP contribution in [-0.2, 0) is 67.3 Å². The van der Waals surface area contributed by atoms with Gasteiger partial charge in [0.05, 0.1) is 25.1 Å². The Balaban J connectivity index is 3.17. The largest absolute Gasteiger partial charge is 0.390 e. The minimum atomic E-state index is -3.85. The first kappa shape index (κ1) is 86.8. The monoisotopic (exact) mass is 1390 g/mol. The Labute approximate surface area is 579 Å². The number of amides is 11. The number of allylic oxidation sites excluding steroid dienone is 2. The van der Waals surface area contributed by atoms with Gasteiger partial charge in [0.1, 0.15) is 76.3 Å². The molecular formula is C69H124N12O15S.